The third kappa shape index (κ3) is 4.62. The SMILES string of the molecule is CC(C)(Oc1ccc(C(C)(C)C)cc1)C(=O)NCc1ccco1. The van der Waals surface area contributed by atoms with Crippen LogP contribution in [-0.4, -0.2) is 11.5 Å². The van der Waals surface area contributed by atoms with Gasteiger partial charge in [0.1, 0.15) is 11.5 Å². The lowest BCUT2D eigenvalue weighted by molar-refractivity contribution is -0.134. The monoisotopic (exact) mass is 315 g/mol. The molecule has 1 heterocycles. The standard InChI is InChI=1S/C19H25NO3/c1-18(2,3)14-8-10-15(11-9-14)23-19(4,5)17(21)20-13-16-7-6-12-22-16/h6-12H,13H2,1-5H3,(H,20,21). The van der Waals surface area contributed by atoms with Gasteiger partial charge in [-0.15, -0.1) is 0 Å². The van der Waals surface area contributed by atoms with Gasteiger partial charge in [0.25, 0.3) is 5.91 Å². The fraction of sp³-hybridized carbons (Fsp3) is 0.421. The third-order valence-electron chi connectivity index (χ3n) is 3.64. The van der Waals surface area contributed by atoms with Crippen LogP contribution >= 0.6 is 0 Å². The fourth-order valence-corrected chi connectivity index (χ4v) is 2.16. The molecule has 124 valence electrons. The molecule has 0 aliphatic rings. The van der Waals surface area contributed by atoms with Crippen molar-refractivity contribution in [2.24, 2.45) is 0 Å². The highest BCUT2D eigenvalue weighted by Gasteiger charge is 2.30. The lowest BCUT2D eigenvalue weighted by atomic mass is 9.87. The highest BCUT2D eigenvalue weighted by molar-refractivity contribution is 5.84. The number of carbonyl (C=O) groups excluding carboxylic acids is 1. The van der Waals surface area contributed by atoms with Crippen LogP contribution in [0.5, 0.6) is 5.75 Å². The predicted octanol–water partition coefficient (Wildman–Crippen LogP) is 4.05. The normalized spacial score (nSPS) is 12.0. The van der Waals surface area contributed by atoms with Gasteiger partial charge in [0, 0.05) is 0 Å². The van der Waals surface area contributed by atoms with E-state index < -0.39 is 5.60 Å². The molecular weight excluding hydrogens is 290 g/mol. The molecule has 0 radical (unpaired) electrons. The van der Waals surface area contributed by atoms with Gasteiger partial charge in [-0.2, -0.15) is 0 Å². The Bertz CT molecular complexity index is 634. The molecule has 4 nitrogen and oxygen atoms in total. The topological polar surface area (TPSA) is 51.5 Å². The maximum atomic E-state index is 12.3. The van der Waals surface area contributed by atoms with Crippen LogP contribution in [0.15, 0.2) is 47.1 Å². The van der Waals surface area contributed by atoms with E-state index in [2.05, 4.69) is 26.1 Å². The van der Waals surface area contributed by atoms with Gasteiger partial charge in [0.05, 0.1) is 12.8 Å². The van der Waals surface area contributed by atoms with Gasteiger partial charge in [-0.25, -0.2) is 0 Å². The third-order valence-corrected chi connectivity index (χ3v) is 3.64. The molecule has 0 fully saturated rings. The van der Waals surface area contributed by atoms with Gasteiger partial charge in [0.15, 0.2) is 5.60 Å². The van der Waals surface area contributed by atoms with Gasteiger partial charge < -0.3 is 14.5 Å². The van der Waals surface area contributed by atoms with E-state index in [4.69, 9.17) is 9.15 Å². The van der Waals surface area contributed by atoms with Crippen LogP contribution in [0.4, 0.5) is 0 Å². The maximum Gasteiger partial charge on any atom is 0.263 e. The molecule has 0 atom stereocenters. The number of rotatable bonds is 5. The van der Waals surface area contributed by atoms with Crippen molar-refractivity contribution in [3.63, 3.8) is 0 Å². The second-order valence-electron chi connectivity index (χ2n) is 7.15. The lowest BCUT2D eigenvalue weighted by Gasteiger charge is -2.26. The first-order valence-corrected chi connectivity index (χ1v) is 7.79. The van der Waals surface area contributed by atoms with Crippen LogP contribution in [-0.2, 0) is 16.8 Å². The molecule has 0 saturated carbocycles. The van der Waals surface area contributed by atoms with E-state index in [0.717, 1.165) is 0 Å². The smallest absolute Gasteiger partial charge is 0.263 e. The number of benzene rings is 1. The van der Waals surface area contributed by atoms with Crippen molar-refractivity contribution in [3.05, 3.63) is 54.0 Å². The van der Waals surface area contributed by atoms with Crippen molar-refractivity contribution in [2.45, 2.75) is 52.2 Å². The number of nitrogens with one attached hydrogen (secondary N) is 1. The molecule has 0 spiro atoms. The Balaban J connectivity index is 1.98. The average molecular weight is 315 g/mol. The Kier molecular flexibility index (Phi) is 4.83. The molecule has 0 saturated heterocycles. The molecule has 0 aliphatic carbocycles. The maximum absolute atomic E-state index is 12.3. The van der Waals surface area contributed by atoms with E-state index in [9.17, 15) is 4.79 Å². The first-order chi connectivity index (χ1) is 10.7. The van der Waals surface area contributed by atoms with Crippen molar-refractivity contribution in [3.8, 4) is 5.75 Å². The molecule has 1 aromatic heterocycles. The van der Waals surface area contributed by atoms with E-state index in [1.54, 1.807) is 26.2 Å². The van der Waals surface area contributed by atoms with Crippen LogP contribution in [0, 0.1) is 0 Å². The van der Waals surface area contributed by atoms with E-state index in [1.165, 1.54) is 5.56 Å². The fourth-order valence-electron chi connectivity index (χ4n) is 2.16. The Labute approximate surface area is 137 Å². The molecule has 2 rings (SSSR count). The zero-order valence-corrected chi connectivity index (χ0v) is 14.5. The van der Waals surface area contributed by atoms with Crippen LogP contribution in [0.1, 0.15) is 45.9 Å². The quantitative estimate of drug-likeness (QED) is 0.905. The summed E-state index contributed by atoms with van der Waals surface area (Å²) in [5.41, 5.74) is 0.356. The Morgan fingerprint density at radius 3 is 2.26 bits per heavy atom. The Morgan fingerprint density at radius 1 is 1.09 bits per heavy atom. The molecule has 23 heavy (non-hydrogen) atoms. The second kappa shape index (κ2) is 6.49. The summed E-state index contributed by atoms with van der Waals surface area (Å²) in [6, 6.07) is 11.5. The van der Waals surface area contributed by atoms with Crippen LogP contribution in [0.3, 0.4) is 0 Å². The van der Waals surface area contributed by atoms with Crippen molar-refractivity contribution in [2.75, 3.05) is 0 Å². The molecule has 0 aliphatic heterocycles. The van der Waals surface area contributed by atoms with Crippen molar-refractivity contribution in [1.82, 2.24) is 5.32 Å². The summed E-state index contributed by atoms with van der Waals surface area (Å²) < 4.78 is 11.1. The minimum atomic E-state index is -0.962. The minimum Gasteiger partial charge on any atom is -0.478 e. The summed E-state index contributed by atoms with van der Waals surface area (Å²) in [7, 11) is 0. The molecule has 0 bridgehead atoms. The molecule has 1 N–H and O–H groups in total. The van der Waals surface area contributed by atoms with Crippen molar-refractivity contribution in [1.29, 1.82) is 0 Å². The number of carbonyl (C=O) groups is 1. The Morgan fingerprint density at radius 2 is 1.74 bits per heavy atom. The number of ether oxygens (including phenoxy) is 1. The first-order valence-electron chi connectivity index (χ1n) is 7.79. The number of furan rings is 1. The molecule has 1 amide bonds. The van der Waals surface area contributed by atoms with E-state index in [0.29, 0.717) is 18.1 Å². The van der Waals surface area contributed by atoms with Gasteiger partial charge in [0.2, 0.25) is 0 Å². The van der Waals surface area contributed by atoms with Crippen LogP contribution < -0.4 is 10.1 Å². The molecule has 4 heteroatoms. The summed E-state index contributed by atoms with van der Waals surface area (Å²) in [5.74, 6) is 1.20. The van der Waals surface area contributed by atoms with Gasteiger partial charge in [-0.05, 0) is 49.1 Å². The largest absolute Gasteiger partial charge is 0.478 e. The number of hydrogen-bond donors (Lipinski definition) is 1. The van der Waals surface area contributed by atoms with Crippen LogP contribution in [0.2, 0.25) is 0 Å². The second-order valence-corrected chi connectivity index (χ2v) is 7.15. The van der Waals surface area contributed by atoms with Gasteiger partial charge in [-0.1, -0.05) is 32.9 Å². The zero-order chi connectivity index (χ0) is 17.1. The summed E-state index contributed by atoms with van der Waals surface area (Å²) >= 11 is 0. The highest BCUT2D eigenvalue weighted by Crippen LogP contribution is 2.26. The minimum absolute atomic E-state index is 0.0917. The summed E-state index contributed by atoms with van der Waals surface area (Å²) in [6.45, 7) is 10.3. The van der Waals surface area contributed by atoms with Crippen molar-refractivity contribution < 1.29 is 13.9 Å². The lowest BCUT2D eigenvalue weighted by Crippen LogP contribution is -2.46. The van der Waals surface area contributed by atoms with Gasteiger partial charge in [-0.3, -0.25) is 4.79 Å². The molecular formula is C19H25NO3. The van der Waals surface area contributed by atoms with E-state index in [1.807, 2.05) is 30.3 Å². The van der Waals surface area contributed by atoms with Crippen molar-refractivity contribution >= 4 is 5.91 Å². The number of amides is 1. The van der Waals surface area contributed by atoms with E-state index in [-0.39, 0.29) is 11.3 Å². The Hall–Kier alpha value is -2.23. The zero-order valence-electron chi connectivity index (χ0n) is 14.5. The number of hydrogen-bond acceptors (Lipinski definition) is 3. The predicted molar refractivity (Wildman–Crippen MR) is 90.4 cm³/mol. The van der Waals surface area contributed by atoms with Gasteiger partial charge >= 0.3 is 0 Å². The van der Waals surface area contributed by atoms with Crippen LogP contribution in [0.25, 0.3) is 0 Å². The molecule has 2 aromatic rings. The van der Waals surface area contributed by atoms with E-state index >= 15 is 0 Å². The molecule has 0 unspecified atom stereocenters. The first kappa shape index (κ1) is 17.1. The summed E-state index contributed by atoms with van der Waals surface area (Å²) in [6.07, 6.45) is 1.58. The average Bonchev–Trinajstić information content (AvgIpc) is 2.97. The summed E-state index contributed by atoms with van der Waals surface area (Å²) in [5, 5.41) is 2.82. The highest BCUT2D eigenvalue weighted by atomic mass is 16.5. The summed E-state index contributed by atoms with van der Waals surface area (Å²) in [4.78, 5) is 12.3. The molecule has 1 aromatic carbocycles.